The zero-order valence-corrected chi connectivity index (χ0v) is 15.9. The van der Waals surface area contributed by atoms with E-state index in [1.54, 1.807) is 6.20 Å². The number of nitrogens with zero attached hydrogens (tertiary/aromatic N) is 1. The predicted molar refractivity (Wildman–Crippen MR) is 120 cm³/mol. The smallest absolute Gasteiger partial charge is 0.149 e. The summed E-state index contributed by atoms with van der Waals surface area (Å²) in [6.07, 6.45) is 0.349. The summed E-state index contributed by atoms with van der Waals surface area (Å²) >= 11 is 0. The zero-order valence-electron chi connectivity index (χ0n) is 15.9. The van der Waals surface area contributed by atoms with Crippen LogP contribution in [0.15, 0.2) is 109 Å². The van der Waals surface area contributed by atoms with Crippen molar-refractivity contribution >= 4 is 22.5 Å². The number of aryl methyl sites for hydroxylation is 1. The van der Waals surface area contributed by atoms with Crippen molar-refractivity contribution < 1.29 is 0 Å². The summed E-state index contributed by atoms with van der Waals surface area (Å²) in [4.78, 5) is 4.50. The SMILES string of the molecule is Cc1cccnc1C#C[B-](c1ccccc1)(c1ccccc1)c1ccccc1. The molecule has 0 atom stereocenters. The van der Waals surface area contributed by atoms with Gasteiger partial charge in [-0.15, -0.1) is 0 Å². The lowest BCUT2D eigenvalue weighted by molar-refractivity contribution is 1.23. The van der Waals surface area contributed by atoms with Crippen LogP contribution in [-0.2, 0) is 0 Å². The molecule has 0 radical (unpaired) electrons. The molecule has 0 aliphatic carbocycles. The first-order valence-corrected chi connectivity index (χ1v) is 9.57. The van der Waals surface area contributed by atoms with Gasteiger partial charge in [-0.3, -0.25) is 5.82 Å². The Morgan fingerprint density at radius 3 is 1.50 bits per heavy atom. The molecule has 2 heteroatoms. The molecule has 0 fully saturated rings. The molecule has 0 spiro atoms. The van der Waals surface area contributed by atoms with Gasteiger partial charge in [-0.2, -0.15) is 16.4 Å². The van der Waals surface area contributed by atoms with Crippen LogP contribution in [0.4, 0.5) is 0 Å². The van der Waals surface area contributed by atoms with Crippen LogP contribution in [0.3, 0.4) is 0 Å². The Morgan fingerprint density at radius 1 is 0.607 bits per heavy atom. The van der Waals surface area contributed by atoms with E-state index in [9.17, 15) is 0 Å². The van der Waals surface area contributed by atoms with Gasteiger partial charge in [0, 0.05) is 6.20 Å². The van der Waals surface area contributed by atoms with Gasteiger partial charge in [0.2, 0.25) is 0 Å². The summed E-state index contributed by atoms with van der Waals surface area (Å²) < 4.78 is 0. The van der Waals surface area contributed by atoms with Crippen molar-refractivity contribution in [1.82, 2.24) is 4.98 Å². The van der Waals surface area contributed by atoms with Crippen LogP contribution in [0.5, 0.6) is 0 Å². The summed E-state index contributed by atoms with van der Waals surface area (Å²) in [5, 5.41) is 0. The Hall–Kier alpha value is -3.57. The number of hydrogen-bond acceptors (Lipinski definition) is 1. The third-order valence-corrected chi connectivity index (χ3v) is 5.32. The van der Waals surface area contributed by atoms with Gasteiger partial charge in [0.15, 0.2) is 0 Å². The molecule has 4 rings (SSSR count). The fourth-order valence-electron chi connectivity index (χ4n) is 3.85. The van der Waals surface area contributed by atoms with Crippen molar-refractivity contribution in [3.05, 3.63) is 121 Å². The van der Waals surface area contributed by atoms with Crippen LogP contribution < -0.4 is 16.4 Å². The molecule has 1 nitrogen and oxygen atoms in total. The van der Waals surface area contributed by atoms with Gasteiger partial charge in [0.25, 0.3) is 0 Å². The maximum Gasteiger partial charge on any atom is 0.149 e. The maximum atomic E-state index is 4.50. The first-order valence-electron chi connectivity index (χ1n) is 9.57. The van der Waals surface area contributed by atoms with Crippen LogP contribution in [0.1, 0.15) is 11.3 Å². The van der Waals surface area contributed by atoms with Crippen LogP contribution in [0.2, 0.25) is 0 Å². The molecule has 0 saturated heterocycles. The summed E-state index contributed by atoms with van der Waals surface area (Å²) in [6, 6.07) is 35.8. The van der Waals surface area contributed by atoms with Gasteiger partial charge in [-0.25, -0.2) is 4.98 Å². The molecule has 1 aromatic heterocycles. The van der Waals surface area contributed by atoms with Crippen molar-refractivity contribution in [2.75, 3.05) is 0 Å². The number of aromatic nitrogens is 1. The van der Waals surface area contributed by atoms with Crippen molar-refractivity contribution in [3.63, 3.8) is 0 Å². The second kappa shape index (κ2) is 7.98. The standard InChI is InChI=1S/C26H21BN/c1-22-12-11-21-28-26(22)19-20-27(23-13-5-2-6-14-23,24-15-7-3-8-16-24)25-17-9-4-10-18-25/h2-18,21H,1H3/q-1. The Morgan fingerprint density at radius 2 is 1.07 bits per heavy atom. The number of rotatable bonds is 3. The Bertz CT molecular complexity index is 1010. The first-order chi connectivity index (χ1) is 13.8. The number of benzene rings is 3. The zero-order chi connectivity index (χ0) is 19.2. The molecule has 0 aliphatic heterocycles. The van der Waals surface area contributed by atoms with Gasteiger partial charge in [0.1, 0.15) is 11.8 Å². The fourth-order valence-corrected chi connectivity index (χ4v) is 3.85. The Kier molecular flexibility index (Phi) is 5.08. The highest BCUT2D eigenvalue weighted by atomic mass is 14.7. The lowest BCUT2D eigenvalue weighted by Gasteiger charge is -2.38. The third-order valence-electron chi connectivity index (χ3n) is 5.32. The minimum atomic E-state index is -1.46. The second-order valence-electron chi connectivity index (χ2n) is 7.04. The monoisotopic (exact) mass is 358 g/mol. The van der Waals surface area contributed by atoms with Crippen LogP contribution in [0, 0.1) is 18.7 Å². The highest BCUT2D eigenvalue weighted by Gasteiger charge is 2.27. The van der Waals surface area contributed by atoms with Crippen LogP contribution >= 0.6 is 0 Å². The van der Waals surface area contributed by atoms with E-state index in [0.29, 0.717) is 0 Å². The van der Waals surface area contributed by atoms with Gasteiger partial charge in [-0.1, -0.05) is 103 Å². The number of hydrogen-bond donors (Lipinski definition) is 0. The largest absolute Gasteiger partial charge is 0.290 e. The van der Waals surface area contributed by atoms with E-state index in [0.717, 1.165) is 11.3 Å². The van der Waals surface area contributed by atoms with E-state index >= 15 is 0 Å². The molecular weight excluding hydrogens is 337 g/mol. The first kappa shape index (κ1) is 17.8. The molecule has 4 aromatic rings. The summed E-state index contributed by atoms with van der Waals surface area (Å²) in [6.45, 7) is 2.05. The molecule has 0 unspecified atom stereocenters. The average molecular weight is 358 g/mol. The van der Waals surface area contributed by atoms with Gasteiger partial charge in [-0.05, 0) is 18.6 Å². The van der Waals surface area contributed by atoms with Gasteiger partial charge >= 0.3 is 0 Å². The summed E-state index contributed by atoms with van der Waals surface area (Å²) in [5.74, 6) is 7.11. The van der Waals surface area contributed by atoms with Gasteiger partial charge in [0.05, 0.1) is 0 Å². The van der Waals surface area contributed by atoms with E-state index in [2.05, 4.69) is 121 Å². The van der Waals surface area contributed by atoms with Crippen LogP contribution in [-0.4, -0.2) is 11.1 Å². The van der Waals surface area contributed by atoms with E-state index in [4.69, 9.17) is 0 Å². The molecule has 1 heterocycles. The number of pyridine rings is 1. The minimum Gasteiger partial charge on any atom is -0.290 e. The average Bonchev–Trinajstić information content (AvgIpc) is 2.78. The van der Waals surface area contributed by atoms with Gasteiger partial charge < -0.3 is 0 Å². The fraction of sp³-hybridized carbons (Fsp3) is 0.0385. The predicted octanol–water partition coefficient (Wildman–Crippen LogP) is 3.45. The summed E-state index contributed by atoms with van der Waals surface area (Å²) in [7, 11) is 0. The van der Waals surface area contributed by atoms with E-state index in [1.165, 1.54) is 16.4 Å². The second-order valence-corrected chi connectivity index (χ2v) is 7.04. The highest BCUT2D eigenvalue weighted by Crippen LogP contribution is 2.08. The molecule has 0 bridgehead atoms. The molecular formula is C26H21BN-. The van der Waals surface area contributed by atoms with E-state index in [-0.39, 0.29) is 0 Å². The molecule has 0 saturated carbocycles. The molecule has 0 aliphatic rings. The maximum absolute atomic E-state index is 4.50. The van der Waals surface area contributed by atoms with Crippen molar-refractivity contribution in [1.29, 1.82) is 0 Å². The van der Waals surface area contributed by atoms with Crippen molar-refractivity contribution in [2.24, 2.45) is 0 Å². The molecule has 134 valence electrons. The normalized spacial score (nSPS) is 10.8. The van der Waals surface area contributed by atoms with Crippen molar-refractivity contribution in [3.8, 4) is 11.7 Å². The highest BCUT2D eigenvalue weighted by molar-refractivity contribution is 7.16. The molecule has 28 heavy (non-hydrogen) atoms. The molecule has 3 aromatic carbocycles. The van der Waals surface area contributed by atoms with E-state index < -0.39 is 6.15 Å². The Balaban J connectivity index is 2.04. The quantitative estimate of drug-likeness (QED) is 0.404. The summed E-state index contributed by atoms with van der Waals surface area (Å²) in [5.41, 5.74) is 5.55. The molecule has 0 amide bonds. The topological polar surface area (TPSA) is 12.9 Å². The Labute approximate surface area is 167 Å². The third kappa shape index (κ3) is 3.35. The molecule has 0 N–H and O–H groups in total. The van der Waals surface area contributed by atoms with Crippen molar-refractivity contribution in [2.45, 2.75) is 6.92 Å². The van der Waals surface area contributed by atoms with E-state index in [1.807, 2.05) is 6.07 Å². The lowest BCUT2D eigenvalue weighted by Crippen LogP contribution is -2.66. The lowest BCUT2D eigenvalue weighted by atomic mass is 9.16. The van der Waals surface area contributed by atoms with Crippen LogP contribution in [0.25, 0.3) is 0 Å². The minimum absolute atomic E-state index is 0.830.